The molecule has 1 rings (SSSR count). The number of hydrogen-bond acceptors (Lipinski definition) is 4. The van der Waals surface area contributed by atoms with Crippen molar-refractivity contribution in [2.75, 3.05) is 24.6 Å². The lowest BCUT2D eigenvalue weighted by Crippen LogP contribution is -2.29. The lowest BCUT2D eigenvalue weighted by Gasteiger charge is -2.21. The zero-order chi connectivity index (χ0) is 10.4. The topological polar surface area (TPSA) is 69.2 Å². The molecule has 2 N–H and O–H groups in total. The van der Waals surface area contributed by atoms with E-state index in [1.165, 1.54) is 12.4 Å². The Hall–Kier alpha value is -1.36. The molecule has 5 heteroatoms. The molecule has 0 aromatic carbocycles. The van der Waals surface area contributed by atoms with Crippen molar-refractivity contribution in [2.24, 2.45) is 0 Å². The molecule has 0 aliphatic rings. The van der Waals surface area contributed by atoms with Crippen LogP contribution in [-0.2, 0) is 0 Å². The summed E-state index contributed by atoms with van der Waals surface area (Å²) in [7, 11) is 0. The van der Waals surface area contributed by atoms with Crippen LogP contribution in [0.2, 0.25) is 0 Å². The van der Waals surface area contributed by atoms with Gasteiger partial charge < -0.3 is 15.0 Å². The molecule has 0 aliphatic heterocycles. The summed E-state index contributed by atoms with van der Waals surface area (Å²) in [5, 5.41) is 8.84. The van der Waals surface area contributed by atoms with Crippen LogP contribution >= 0.6 is 0 Å². The molecule has 0 amide bonds. The van der Waals surface area contributed by atoms with E-state index in [9.17, 15) is 4.79 Å². The Balaban J connectivity index is 2.81. The summed E-state index contributed by atoms with van der Waals surface area (Å²) >= 11 is 0. The fraction of sp³-hybridized carbons (Fsp3) is 0.556. The van der Waals surface area contributed by atoms with Crippen LogP contribution in [0.15, 0.2) is 17.2 Å². The Kier molecular flexibility index (Phi) is 4.12. The highest BCUT2D eigenvalue weighted by Crippen LogP contribution is 2.05. The number of nitrogens with zero attached hydrogens (tertiary/aromatic N) is 2. The molecule has 14 heavy (non-hydrogen) atoms. The van der Waals surface area contributed by atoms with Crippen molar-refractivity contribution in [1.82, 2.24) is 9.97 Å². The Morgan fingerprint density at radius 2 is 2.36 bits per heavy atom. The maximum atomic E-state index is 11.0. The molecule has 78 valence electrons. The van der Waals surface area contributed by atoms with Gasteiger partial charge in [-0.3, -0.25) is 4.79 Å². The number of anilines is 1. The summed E-state index contributed by atoms with van der Waals surface area (Å²) in [6.07, 6.45) is 2.33. The van der Waals surface area contributed by atoms with Gasteiger partial charge in [-0.1, -0.05) is 6.92 Å². The average Bonchev–Trinajstić information content (AvgIpc) is 2.17. The Bertz CT molecular complexity index is 318. The summed E-state index contributed by atoms with van der Waals surface area (Å²) in [6, 6.07) is 1.44. The molecule has 0 spiro atoms. The van der Waals surface area contributed by atoms with Crippen LogP contribution in [0.1, 0.15) is 13.3 Å². The molecule has 0 unspecified atom stereocenters. The number of nitrogens with one attached hydrogen (secondary N) is 1. The van der Waals surface area contributed by atoms with E-state index < -0.39 is 0 Å². The second-order valence-corrected chi connectivity index (χ2v) is 2.98. The molecule has 0 atom stereocenters. The number of rotatable bonds is 5. The number of aliphatic hydroxyl groups excluding tert-OH is 1. The van der Waals surface area contributed by atoms with Crippen molar-refractivity contribution in [3.05, 3.63) is 22.7 Å². The van der Waals surface area contributed by atoms with E-state index in [0.29, 0.717) is 12.4 Å². The van der Waals surface area contributed by atoms with Crippen molar-refractivity contribution >= 4 is 5.82 Å². The minimum atomic E-state index is -0.172. The standard InChI is InChI=1S/C9H15N3O2/c1-2-3-12(4-5-13)8-6-9(14)11-7-10-8/h6-7,13H,2-5H2,1H3,(H,10,11,14). The Morgan fingerprint density at radius 3 is 2.93 bits per heavy atom. The molecular formula is C9H15N3O2. The third-order valence-corrected chi connectivity index (χ3v) is 1.85. The van der Waals surface area contributed by atoms with Crippen molar-refractivity contribution in [2.45, 2.75) is 13.3 Å². The Labute approximate surface area is 82.4 Å². The molecule has 0 saturated heterocycles. The highest BCUT2D eigenvalue weighted by Gasteiger charge is 2.05. The van der Waals surface area contributed by atoms with E-state index in [2.05, 4.69) is 9.97 Å². The highest BCUT2D eigenvalue weighted by molar-refractivity contribution is 5.36. The maximum Gasteiger partial charge on any atom is 0.252 e. The molecule has 5 nitrogen and oxygen atoms in total. The fourth-order valence-corrected chi connectivity index (χ4v) is 1.26. The number of aromatic amines is 1. The summed E-state index contributed by atoms with van der Waals surface area (Å²) < 4.78 is 0. The first-order chi connectivity index (χ1) is 6.77. The first-order valence-electron chi connectivity index (χ1n) is 4.68. The minimum Gasteiger partial charge on any atom is -0.395 e. The molecule has 0 radical (unpaired) electrons. The molecule has 0 aliphatic carbocycles. The smallest absolute Gasteiger partial charge is 0.252 e. The zero-order valence-electron chi connectivity index (χ0n) is 8.23. The normalized spacial score (nSPS) is 10.1. The van der Waals surface area contributed by atoms with E-state index in [1.807, 2.05) is 11.8 Å². The van der Waals surface area contributed by atoms with Gasteiger partial charge >= 0.3 is 0 Å². The molecule has 0 bridgehead atoms. The van der Waals surface area contributed by atoms with Gasteiger partial charge in [-0.25, -0.2) is 4.98 Å². The summed E-state index contributed by atoms with van der Waals surface area (Å²) in [4.78, 5) is 19.4. The molecule has 1 aromatic heterocycles. The predicted octanol–water partition coefficient (Wildman–Crippen LogP) is -0.0214. The lowest BCUT2D eigenvalue weighted by atomic mass is 10.4. The minimum absolute atomic E-state index is 0.0640. The van der Waals surface area contributed by atoms with Gasteiger partial charge in [0, 0.05) is 19.2 Å². The molecule has 1 heterocycles. The van der Waals surface area contributed by atoms with Gasteiger partial charge in [0.2, 0.25) is 0 Å². The Morgan fingerprint density at radius 1 is 1.57 bits per heavy atom. The van der Waals surface area contributed by atoms with Gasteiger partial charge in [-0.05, 0) is 6.42 Å². The quantitative estimate of drug-likeness (QED) is 0.696. The lowest BCUT2D eigenvalue weighted by molar-refractivity contribution is 0.301. The number of aliphatic hydroxyl groups is 1. The number of H-pyrrole nitrogens is 1. The van der Waals surface area contributed by atoms with Gasteiger partial charge in [0.05, 0.1) is 12.9 Å². The number of aromatic nitrogens is 2. The molecule has 0 fully saturated rings. The van der Waals surface area contributed by atoms with Gasteiger partial charge in [0.1, 0.15) is 5.82 Å². The van der Waals surface area contributed by atoms with Crippen molar-refractivity contribution in [3.8, 4) is 0 Å². The SMILES string of the molecule is CCCN(CCO)c1cc(=O)[nH]cn1. The number of hydrogen-bond donors (Lipinski definition) is 2. The monoisotopic (exact) mass is 197 g/mol. The predicted molar refractivity (Wildman–Crippen MR) is 54.4 cm³/mol. The third kappa shape index (κ3) is 2.85. The second-order valence-electron chi connectivity index (χ2n) is 2.98. The van der Waals surface area contributed by atoms with Crippen LogP contribution in [0.5, 0.6) is 0 Å². The third-order valence-electron chi connectivity index (χ3n) is 1.85. The van der Waals surface area contributed by atoms with Crippen LogP contribution in [0.3, 0.4) is 0 Å². The van der Waals surface area contributed by atoms with Gasteiger partial charge in [-0.2, -0.15) is 0 Å². The molecule has 1 aromatic rings. The van der Waals surface area contributed by atoms with Crippen molar-refractivity contribution < 1.29 is 5.11 Å². The van der Waals surface area contributed by atoms with Crippen molar-refractivity contribution in [1.29, 1.82) is 0 Å². The van der Waals surface area contributed by atoms with Crippen LogP contribution < -0.4 is 10.5 Å². The maximum absolute atomic E-state index is 11.0. The highest BCUT2D eigenvalue weighted by atomic mass is 16.3. The van der Waals surface area contributed by atoms with Crippen molar-refractivity contribution in [3.63, 3.8) is 0 Å². The van der Waals surface area contributed by atoms with E-state index in [0.717, 1.165) is 13.0 Å². The van der Waals surface area contributed by atoms with E-state index in [1.54, 1.807) is 0 Å². The second kappa shape index (κ2) is 5.39. The van der Waals surface area contributed by atoms with Crippen LogP contribution in [0, 0.1) is 0 Å². The largest absolute Gasteiger partial charge is 0.395 e. The first-order valence-corrected chi connectivity index (χ1v) is 4.68. The van der Waals surface area contributed by atoms with Gasteiger partial charge in [-0.15, -0.1) is 0 Å². The van der Waals surface area contributed by atoms with Crippen LogP contribution in [0.25, 0.3) is 0 Å². The molecular weight excluding hydrogens is 182 g/mol. The average molecular weight is 197 g/mol. The first kappa shape index (κ1) is 10.7. The van der Waals surface area contributed by atoms with Crippen LogP contribution in [0.4, 0.5) is 5.82 Å². The van der Waals surface area contributed by atoms with E-state index >= 15 is 0 Å². The molecule has 0 saturated carbocycles. The fourth-order valence-electron chi connectivity index (χ4n) is 1.26. The van der Waals surface area contributed by atoms with E-state index in [4.69, 9.17) is 5.11 Å². The van der Waals surface area contributed by atoms with E-state index in [-0.39, 0.29) is 12.2 Å². The summed E-state index contributed by atoms with van der Waals surface area (Å²) in [5.74, 6) is 0.615. The summed E-state index contributed by atoms with van der Waals surface area (Å²) in [6.45, 7) is 3.40. The summed E-state index contributed by atoms with van der Waals surface area (Å²) in [5.41, 5.74) is -0.172. The van der Waals surface area contributed by atoms with Gasteiger partial charge in [0.25, 0.3) is 5.56 Å². The zero-order valence-corrected chi connectivity index (χ0v) is 8.23. The van der Waals surface area contributed by atoms with Gasteiger partial charge in [0.15, 0.2) is 0 Å². The van der Waals surface area contributed by atoms with Crippen LogP contribution in [-0.4, -0.2) is 34.8 Å².